The van der Waals surface area contributed by atoms with E-state index in [1.54, 1.807) is 0 Å². The van der Waals surface area contributed by atoms with Crippen molar-refractivity contribution in [2.75, 3.05) is 6.61 Å². The maximum absolute atomic E-state index is 10.4. The highest BCUT2D eigenvalue weighted by atomic mass is 16.6. The molecule has 0 aliphatic heterocycles. The van der Waals surface area contributed by atoms with Gasteiger partial charge in [0.05, 0.1) is 6.10 Å². The molecule has 3 heteroatoms. The summed E-state index contributed by atoms with van der Waals surface area (Å²) in [5.74, 6) is -0.979. The third-order valence-corrected chi connectivity index (χ3v) is 3.78. The molecule has 1 unspecified atom stereocenters. The Kier molecular flexibility index (Phi) is 5.37. The van der Waals surface area contributed by atoms with Crippen LogP contribution >= 0.6 is 0 Å². The lowest BCUT2D eigenvalue weighted by Crippen LogP contribution is -2.39. The van der Waals surface area contributed by atoms with Crippen molar-refractivity contribution in [1.29, 1.82) is 0 Å². The predicted octanol–water partition coefficient (Wildman–Crippen LogP) is 2.65. The van der Waals surface area contributed by atoms with Gasteiger partial charge in [0.1, 0.15) is 0 Å². The lowest BCUT2D eigenvalue weighted by molar-refractivity contribution is -0.246. The van der Waals surface area contributed by atoms with Crippen molar-refractivity contribution in [3.63, 3.8) is 0 Å². The smallest absolute Gasteiger partial charge is 0.165 e. The quantitative estimate of drug-likeness (QED) is 0.777. The average Bonchev–Trinajstić information content (AvgIpc) is 2.40. The predicted molar refractivity (Wildman–Crippen MR) is 74.8 cm³/mol. The van der Waals surface area contributed by atoms with E-state index in [0.29, 0.717) is 19.3 Å². The normalized spacial score (nSPS) is 20.1. The second-order valence-corrected chi connectivity index (χ2v) is 5.45. The molecule has 1 aromatic carbocycles. The number of rotatable bonds is 6. The minimum absolute atomic E-state index is 0.0909. The van der Waals surface area contributed by atoms with Gasteiger partial charge >= 0.3 is 0 Å². The van der Waals surface area contributed by atoms with E-state index in [4.69, 9.17) is 9.84 Å². The molecule has 19 heavy (non-hydrogen) atoms. The highest BCUT2D eigenvalue weighted by molar-refractivity contribution is 5.15. The molecule has 0 bridgehead atoms. The van der Waals surface area contributed by atoms with Crippen LogP contribution in [0.3, 0.4) is 0 Å². The molecule has 0 radical (unpaired) electrons. The summed E-state index contributed by atoms with van der Waals surface area (Å²) in [6.07, 6.45) is 5.83. The van der Waals surface area contributed by atoms with Gasteiger partial charge in [0.25, 0.3) is 0 Å². The molecule has 106 valence electrons. The molecule has 0 spiro atoms. The SMILES string of the molecule is OCCC(Cc1ccccc1)OC1(O)CCCCC1. The van der Waals surface area contributed by atoms with Crippen molar-refractivity contribution < 1.29 is 14.9 Å². The van der Waals surface area contributed by atoms with Gasteiger partial charge in [-0.2, -0.15) is 0 Å². The molecule has 1 atom stereocenters. The summed E-state index contributed by atoms with van der Waals surface area (Å²) in [7, 11) is 0. The van der Waals surface area contributed by atoms with Crippen LogP contribution in [0.2, 0.25) is 0 Å². The Morgan fingerprint density at radius 2 is 1.79 bits per heavy atom. The highest BCUT2D eigenvalue weighted by Gasteiger charge is 2.32. The van der Waals surface area contributed by atoms with Gasteiger partial charge in [0.2, 0.25) is 0 Å². The Balaban J connectivity index is 1.95. The Hall–Kier alpha value is -0.900. The van der Waals surface area contributed by atoms with E-state index in [2.05, 4.69) is 12.1 Å². The second-order valence-electron chi connectivity index (χ2n) is 5.45. The van der Waals surface area contributed by atoms with Crippen LogP contribution < -0.4 is 0 Å². The van der Waals surface area contributed by atoms with Crippen LogP contribution in [0.1, 0.15) is 44.1 Å². The standard InChI is InChI=1S/C16H24O3/c17-12-9-15(13-14-7-3-1-4-8-14)19-16(18)10-5-2-6-11-16/h1,3-4,7-8,15,17-18H,2,5-6,9-13H2. The molecule has 0 amide bonds. The van der Waals surface area contributed by atoms with Crippen molar-refractivity contribution in [3.05, 3.63) is 35.9 Å². The maximum Gasteiger partial charge on any atom is 0.165 e. The van der Waals surface area contributed by atoms with Crippen molar-refractivity contribution in [2.45, 2.75) is 56.8 Å². The van der Waals surface area contributed by atoms with Crippen LogP contribution in [0.15, 0.2) is 30.3 Å². The first-order valence-corrected chi connectivity index (χ1v) is 7.27. The third kappa shape index (κ3) is 4.60. The van der Waals surface area contributed by atoms with Crippen molar-refractivity contribution in [1.82, 2.24) is 0 Å². The van der Waals surface area contributed by atoms with E-state index >= 15 is 0 Å². The maximum atomic E-state index is 10.4. The van der Waals surface area contributed by atoms with E-state index < -0.39 is 5.79 Å². The zero-order valence-corrected chi connectivity index (χ0v) is 11.4. The van der Waals surface area contributed by atoms with Gasteiger partial charge in [-0.15, -0.1) is 0 Å². The summed E-state index contributed by atoms with van der Waals surface area (Å²) in [6.45, 7) is 0.0909. The summed E-state index contributed by atoms with van der Waals surface area (Å²) in [6, 6.07) is 10.1. The first kappa shape index (κ1) is 14.5. The summed E-state index contributed by atoms with van der Waals surface area (Å²) >= 11 is 0. The molecular weight excluding hydrogens is 240 g/mol. The van der Waals surface area contributed by atoms with E-state index in [-0.39, 0.29) is 12.7 Å². The molecule has 1 aliphatic rings. The van der Waals surface area contributed by atoms with Gasteiger partial charge in [0, 0.05) is 19.4 Å². The zero-order chi connectivity index (χ0) is 13.6. The molecule has 2 N–H and O–H groups in total. The molecule has 3 nitrogen and oxygen atoms in total. The topological polar surface area (TPSA) is 49.7 Å². The molecule has 0 aromatic heterocycles. The number of benzene rings is 1. The van der Waals surface area contributed by atoms with Gasteiger partial charge in [-0.05, 0) is 31.2 Å². The lowest BCUT2D eigenvalue weighted by atomic mass is 9.93. The first-order chi connectivity index (χ1) is 9.22. The minimum Gasteiger partial charge on any atom is -0.396 e. The molecule has 0 heterocycles. The number of ether oxygens (including phenoxy) is 1. The number of aliphatic hydroxyl groups is 2. The van der Waals surface area contributed by atoms with Gasteiger partial charge in [-0.3, -0.25) is 0 Å². The fourth-order valence-electron chi connectivity index (χ4n) is 2.76. The average molecular weight is 264 g/mol. The summed E-state index contributed by atoms with van der Waals surface area (Å²) in [4.78, 5) is 0. The van der Waals surface area contributed by atoms with E-state index in [9.17, 15) is 5.11 Å². The molecular formula is C16H24O3. The molecule has 1 aromatic rings. The van der Waals surface area contributed by atoms with Crippen molar-refractivity contribution in [2.24, 2.45) is 0 Å². The fraction of sp³-hybridized carbons (Fsp3) is 0.625. The van der Waals surface area contributed by atoms with E-state index in [1.165, 1.54) is 12.0 Å². The third-order valence-electron chi connectivity index (χ3n) is 3.78. The Morgan fingerprint density at radius 1 is 1.11 bits per heavy atom. The Bertz CT molecular complexity index is 358. The molecule has 0 saturated heterocycles. The highest BCUT2D eigenvalue weighted by Crippen LogP contribution is 2.31. The molecule has 1 saturated carbocycles. The van der Waals surface area contributed by atoms with Crippen molar-refractivity contribution in [3.8, 4) is 0 Å². The number of hydrogen-bond acceptors (Lipinski definition) is 3. The lowest BCUT2D eigenvalue weighted by Gasteiger charge is -2.35. The van der Waals surface area contributed by atoms with Crippen LogP contribution in [0.25, 0.3) is 0 Å². The van der Waals surface area contributed by atoms with Gasteiger partial charge in [-0.1, -0.05) is 36.8 Å². The summed E-state index contributed by atoms with van der Waals surface area (Å²) in [5.41, 5.74) is 1.18. The van der Waals surface area contributed by atoms with Gasteiger partial charge in [0.15, 0.2) is 5.79 Å². The Morgan fingerprint density at radius 3 is 2.42 bits per heavy atom. The largest absolute Gasteiger partial charge is 0.396 e. The van der Waals surface area contributed by atoms with Crippen LogP contribution in [-0.2, 0) is 11.2 Å². The molecule has 1 fully saturated rings. The van der Waals surface area contributed by atoms with Gasteiger partial charge in [-0.25, -0.2) is 0 Å². The number of hydrogen-bond donors (Lipinski definition) is 2. The van der Waals surface area contributed by atoms with E-state index in [0.717, 1.165) is 19.3 Å². The summed E-state index contributed by atoms with van der Waals surface area (Å²) in [5, 5.41) is 19.6. The van der Waals surface area contributed by atoms with Crippen LogP contribution in [-0.4, -0.2) is 28.7 Å². The number of aliphatic hydroxyl groups excluding tert-OH is 1. The summed E-state index contributed by atoms with van der Waals surface area (Å²) < 4.78 is 5.92. The first-order valence-electron chi connectivity index (χ1n) is 7.27. The van der Waals surface area contributed by atoms with Crippen LogP contribution in [0.4, 0.5) is 0 Å². The van der Waals surface area contributed by atoms with Crippen molar-refractivity contribution >= 4 is 0 Å². The Labute approximate surface area is 115 Å². The van der Waals surface area contributed by atoms with Crippen LogP contribution in [0, 0.1) is 0 Å². The van der Waals surface area contributed by atoms with Gasteiger partial charge < -0.3 is 14.9 Å². The van der Waals surface area contributed by atoms with Crippen LogP contribution in [0.5, 0.6) is 0 Å². The molecule has 1 aliphatic carbocycles. The monoisotopic (exact) mass is 264 g/mol. The fourth-order valence-corrected chi connectivity index (χ4v) is 2.76. The second kappa shape index (κ2) is 7.04. The van der Waals surface area contributed by atoms with E-state index in [1.807, 2.05) is 18.2 Å². The molecule has 2 rings (SSSR count). The zero-order valence-electron chi connectivity index (χ0n) is 11.4. The minimum atomic E-state index is -0.979.